The summed E-state index contributed by atoms with van der Waals surface area (Å²) in [6.07, 6.45) is 2.63. The zero-order valence-corrected chi connectivity index (χ0v) is 15.3. The van der Waals surface area contributed by atoms with Gasteiger partial charge >= 0.3 is 0 Å². The molecule has 138 valence electrons. The van der Waals surface area contributed by atoms with Crippen molar-refractivity contribution in [1.29, 1.82) is 0 Å². The summed E-state index contributed by atoms with van der Waals surface area (Å²) in [6, 6.07) is 11.0. The van der Waals surface area contributed by atoms with Crippen LogP contribution in [0.2, 0.25) is 0 Å². The first-order valence-electron chi connectivity index (χ1n) is 8.40. The molecule has 1 aromatic carbocycles. The van der Waals surface area contributed by atoms with Gasteiger partial charge in [0, 0.05) is 44.0 Å². The molecule has 1 aliphatic rings. The number of nitrogens with zero attached hydrogens (tertiary/aromatic N) is 2. The number of piperidine rings is 1. The zero-order chi connectivity index (χ0) is 18.7. The minimum absolute atomic E-state index is 0.202. The van der Waals surface area contributed by atoms with Crippen LogP contribution in [0, 0.1) is 0 Å². The second-order valence-electron chi connectivity index (χ2n) is 6.37. The van der Waals surface area contributed by atoms with E-state index in [0.29, 0.717) is 31.5 Å². The highest BCUT2D eigenvalue weighted by molar-refractivity contribution is 7.89. The Hall–Kier alpha value is -2.45. The number of amides is 1. The van der Waals surface area contributed by atoms with Gasteiger partial charge < -0.3 is 9.47 Å². The zero-order valence-electron chi connectivity index (χ0n) is 14.5. The Morgan fingerprint density at radius 2 is 1.77 bits per heavy atom. The SMILES string of the molecule is Cn1ccc(C(=O)N2CCC(NS(=O)(=O)c3ccccc3)CC2)cc1=O. The molecule has 0 bridgehead atoms. The summed E-state index contributed by atoms with van der Waals surface area (Å²) in [6.45, 7) is 0.881. The van der Waals surface area contributed by atoms with Crippen molar-refractivity contribution in [3.63, 3.8) is 0 Å². The van der Waals surface area contributed by atoms with Crippen LogP contribution in [0.1, 0.15) is 23.2 Å². The number of likely N-dealkylation sites (tertiary alicyclic amines) is 1. The molecule has 1 fully saturated rings. The fourth-order valence-electron chi connectivity index (χ4n) is 2.95. The highest BCUT2D eigenvalue weighted by Crippen LogP contribution is 2.16. The van der Waals surface area contributed by atoms with Gasteiger partial charge in [-0.15, -0.1) is 0 Å². The van der Waals surface area contributed by atoms with Crippen LogP contribution < -0.4 is 10.3 Å². The average molecular weight is 375 g/mol. The van der Waals surface area contributed by atoms with Crippen LogP contribution in [0.5, 0.6) is 0 Å². The number of sulfonamides is 1. The number of carbonyl (C=O) groups is 1. The van der Waals surface area contributed by atoms with E-state index in [-0.39, 0.29) is 22.4 Å². The summed E-state index contributed by atoms with van der Waals surface area (Å²) in [4.78, 5) is 26.1. The molecular formula is C18H21N3O4S. The summed E-state index contributed by atoms with van der Waals surface area (Å²) in [5, 5.41) is 0. The number of hydrogen-bond acceptors (Lipinski definition) is 4. The van der Waals surface area contributed by atoms with Gasteiger partial charge in [-0.05, 0) is 31.0 Å². The van der Waals surface area contributed by atoms with Gasteiger partial charge in [0.25, 0.3) is 11.5 Å². The first kappa shape index (κ1) is 18.3. The van der Waals surface area contributed by atoms with Crippen LogP contribution in [0.15, 0.2) is 58.4 Å². The van der Waals surface area contributed by atoms with Gasteiger partial charge in [0.1, 0.15) is 0 Å². The number of rotatable bonds is 4. The van der Waals surface area contributed by atoms with Crippen LogP contribution >= 0.6 is 0 Å². The van der Waals surface area contributed by atoms with E-state index in [1.807, 2.05) is 0 Å². The third-order valence-corrected chi connectivity index (χ3v) is 6.05. The number of hydrogen-bond donors (Lipinski definition) is 1. The monoisotopic (exact) mass is 375 g/mol. The Balaban J connectivity index is 1.61. The minimum Gasteiger partial charge on any atom is -0.339 e. The van der Waals surface area contributed by atoms with Gasteiger partial charge in [-0.2, -0.15) is 0 Å². The highest BCUT2D eigenvalue weighted by atomic mass is 32.2. The second kappa shape index (κ2) is 7.43. The standard InChI is InChI=1S/C18H21N3O4S/c1-20-10-7-14(13-17(20)22)18(23)21-11-8-15(9-12-21)19-26(24,25)16-5-3-2-4-6-16/h2-7,10,13,15,19H,8-9,11-12H2,1H3. The topological polar surface area (TPSA) is 88.5 Å². The lowest BCUT2D eigenvalue weighted by Gasteiger charge is -2.32. The van der Waals surface area contributed by atoms with E-state index in [4.69, 9.17) is 0 Å². The van der Waals surface area contributed by atoms with Gasteiger partial charge in [-0.1, -0.05) is 18.2 Å². The lowest BCUT2D eigenvalue weighted by Crippen LogP contribution is -2.46. The summed E-state index contributed by atoms with van der Waals surface area (Å²) < 4.78 is 28.9. The fraction of sp³-hybridized carbons (Fsp3) is 0.333. The Morgan fingerprint density at radius 3 is 2.38 bits per heavy atom. The molecule has 2 aromatic rings. The lowest BCUT2D eigenvalue weighted by molar-refractivity contribution is 0.0711. The predicted octanol–water partition coefficient (Wildman–Crippen LogP) is 0.968. The summed E-state index contributed by atoms with van der Waals surface area (Å²) >= 11 is 0. The van der Waals surface area contributed by atoms with Crippen molar-refractivity contribution in [3.05, 3.63) is 64.6 Å². The summed E-state index contributed by atoms with van der Waals surface area (Å²) in [7, 11) is -1.93. The highest BCUT2D eigenvalue weighted by Gasteiger charge is 2.27. The Bertz CT molecular complexity index is 946. The number of carbonyl (C=O) groups excluding carboxylic acids is 1. The van der Waals surface area contributed by atoms with Gasteiger partial charge in [-0.25, -0.2) is 13.1 Å². The molecule has 1 saturated heterocycles. The molecule has 0 aliphatic carbocycles. The Morgan fingerprint density at radius 1 is 1.12 bits per heavy atom. The molecule has 1 aromatic heterocycles. The molecule has 1 N–H and O–H groups in total. The predicted molar refractivity (Wildman–Crippen MR) is 97.4 cm³/mol. The van der Waals surface area contributed by atoms with Crippen LogP contribution in [-0.4, -0.2) is 42.9 Å². The normalized spacial score (nSPS) is 15.8. The van der Waals surface area contributed by atoms with Crippen LogP contribution in [0.4, 0.5) is 0 Å². The molecule has 0 saturated carbocycles. The number of aryl methyl sites for hydroxylation is 1. The van der Waals surface area contributed by atoms with Gasteiger partial charge in [-0.3, -0.25) is 9.59 Å². The van der Waals surface area contributed by atoms with Crippen molar-refractivity contribution >= 4 is 15.9 Å². The molecule has 7 nitrogen and oxygen atoms in total. The maximum Gasteiger partial charge on any atom is 0.254 e. The Labute approximate surface area is 152 Å². The number of aromatic nitrogens is 1. The van der Waals surface area contributed by atoms with Crippen LogP contribution in [0.3, 0.4) is 0 Å². The Kier molecular flexibility index (Phi) is 5.24. The molecule has 0 unspecified atom stereocenters. The van der Waals surface area contributed by atoms with Gasteiger partial charge in [0.15, 0.2) is 0 Å². The van der Waals surface area contributed by atoms with E-state index < -0.39 is 10.0 Å². The fourth-order valence-corrected chi connectivity index (χ4v) is 4.28. The van der Waals surface area contributed by atoms with Crippen molar-refractivity contribution in [1.82, 2.24) is 14.2 Å². The smallest absolute Gasteiger partial charge is 0.254 e. The summed E-state index contributed by atoms with van der Waals surface area (Å²) in [5.41, 5.74) is 0.123. The van der Waals surface area contributed by atoms with Crippen molar-refractivity contribution in [2.45, 2.75) is 23.8 Å². The largest absolute Gasteiger partial charge is 0.339 e. The molecule has 2 heterocycles. The number of nitrogens with one attached hydrogen (secondary N) is 1. The summed E-state index contributed by atoms with van der Waals surface area (Å²) in [5.74, 6) is -0.202. The van der Waals surface area contributed by atoms with Crippen molar-refractivity contribution in [2.75, 3.05) is 13.1 Å². The number of benzene rings is 1. The second-order valence-corrected chi connectivity index (χ2v) is 8.08. The molecule has 1 amide bonds. The van der Waals surface area contributed by atoms with Crippen molar-refractivity contribution in [3.8, 4) is 0 Å². The van der Waals surface area contributed by atoms with E-state index in [0.717, 1.165) is 0 Å². The van der Waals surface area contributed by atoms with E-state index in [1.54, 1.807) is 54.5 Å². The molecular weight excluding hydrogens is 354 g/mol. The van der Waals surface area contributed by atoms with Crippen molar-refractivity contribution < 1.29 is 13.2 Å². The third-order valence-electron chi connectivity index (χ3n) is 4.51. The lowest BCUT2D eigenvalue weighted by atomic mass is 10.1. The molecule has 0 spiro atoms. The van der Waals surface area contributed by atoms with E-state index in [2.05, 4.69) is 4.72 Å². The quantitative estimate of drug-likeness (QED) is 0.862. The first-order valence-corrected chi connectivity index (χ1v) is 9.88. The maximum absolute atomic E-state index is 12.5. The minimum atomic E-state index is -3.56. The molecule has 26 heavy (non-hydrogen) atoms. The average Bonchev–Trinajstić information content (AvgIpc) is 2.64. The van der Waals surface area contributed by atoms with E-state index in [1.165, 1.54) is 10.6 Å². The third kappa shape index (κ3) is 4.03. The van der Waals surface area contributed by atoms with E-state index >= 15 is 0 Å². The van der Waals surface area contributed by atoms with Crippen molar-refractivity contribution in [2.24, 2.45) is 7.05 Å². The van der Waals surface area contributed by atoms with Crippen LogP contribution in [0.25, 0.3) is 0 Å². The molecule has 8 heteroatoms. The molecule has 3 rings (SSSR count). The maximum atomic E-state index is 12.5. The molecule has 0 radical (unpaired) electrons. The molecule has 0 atom stereocenters. The first-order chi connectivity index (χ1) is 12.4. The number of pyridine rings is 1. The van der Waals surface area contributed by atoms with E-state index in [9.17, 15) is 18.0 Å². The molecule has 1 aliphatic heterocycles. The van der Waals surface area contributed by atoms with Gasteiger partial charge in [0.2, 0.25) is 10.0 Å². The van der Waals surface area contributed by atoms with Gasteiger partial charge in [0.05, 0.1) is 4.90 Å². The van der Waals surface area contributed by atoms with Crippen LogP contribution in [-0.2, 0) is 17.1 Å².